The van der Waals surface area contributed by atoms with E-state index in [1.807, 2.05) is 0 Å². The molecule has 1 saturated heterocycles. The molecule has 6 nitrogen and oxygen atoms in total. The maximum atomic E-state index is 12.1. The number of benzene rings is 1. The molecule has 1 aromatic carbocycles. The second kappa shape index (κ2) is 5.51. The number of piperazine rings is 1. The summed E-state index contributed by atoms with van der Waals surface area (Å²) >= 11 is 0. The summed E-state index contributed by atoms with van der Waals surface area (Å²) in [6.07, 6.45) is -4.79. The minimum atomic E-state index is -4.79. The summed E-state index contributed by atoms with van der Waals surface area (Å²) in [6.45, 7) is 0.500. The molecule has 1 fully saturated rings. The summed E-state index contributed by atoms with van der Waals surface area (Å²) in [4.78, 5) is 24.3. The van der Waals surface area contributed by atoms with Crippen LogP contribution in [0.5, 0.6) is 5.75 Å². The van der Waals surface area contributed by atoms with E-state index in [4.69, 9.17) is 5.73 Å². The van der Waals surface area contributed by atoms with Crippen LogP contribution in [-0.4, -0.2) is 36.3 Å². The molecule has 1 aromatic rings. The fourth-order valence-electron chi connectivity index (χ4n) is 2.09. The normalized spacial score (nSPS) is 19.1. The van der Waals surface area contributed by atoms with Crippen molar-refractivity contribution in [1.82, 2.24) is 10.2 Å². The molecule has 1 atom stereocenters. The number of hydrogen-bond acceptors (Lipinski definition) is 3. The highest BCUT2D eigenvalue weighted by Gasteiger charge is 2.34. The zero-order valence-corrected chi connectivity index (χ0v) is 10.7. The van der Waals surface area contributed by atoms with Crippen molar-refractivity contribution in [3.63, 3.8) is 0 Å². The van der Waals surface area contributed by atoms with Gasteiger partial charge >= 0.3 is 12.4 Å². The Labute approximate surface area is 117 Å². The van der Waals surface area contributed by atoms with Gasteiger partial charge in [-0.2, -0.15) is 0 Å². The number of alkyl halides is 3. The zero-order chi connectivity index (χ0) is 15.6. The van der Waals surface area contributed by atoms with Crippen molar-refractivity contribution in [3.8, 4) is 5.75 Å². The lowest BCUT2D eigenvalue weighted by molar-refractivity contribution is -0.274. The van der Waals surface area contributed by atoms with E-state index >= 15 is 0 Å². The van der Waals surface area contributed by atoms with E-state index in [1.54, 1.807) is 0 Å². The number of rotatable bonds is 2. The van der Waals surface area contributed by atoms with E-state index < -0.39 is 30.1 Å². The Morgan fingerprint density at radius 3 is 2.48 bits per heavy atom. The number of primary amides is 1. The Kier molecular flexibility index (Phi) is 3.92. The lowest BCUT2D eigenvalue weighted by atomic mass is 10.0. The van der Waals surface area contributed by atoms with Gasteiger partial charge in [0.05, 0.1) is 0 Å². The van der Waals surface area contributed by atoms with Gasteiger partial charge in [0.2, 0.25) is 5.91 Å². The predicted octanol–water partition coefficient (Wildman–Crippen LogP) is 1.14. The number of carbonyl (C=O) groups is 2. The number of amides is 3. The summed E-state index contributed by atoms with van der Waals surface area (Å²) in [7, 11) is 0. The first-order chi connectivity index (χ1) is 9.78. The molecule has 3 N–H and O–H groups in total. The molecule has 2 rings (SSSR count). The minimum Gasteiger partial charge on any atom is -0.406 e. The third-order valence-electron chi connectivity index (χ3n) is 2.92. The van der Waals surface area contributed by atoms with Crippen molar-refractivity contribution >= 4 is 11.9 Å². The second-order valence-corrected chi connectivity index (χ2v) is 4.34. The second-order valence-electron chi connectivity index (χ2n) is 4.34. The Bertz CT molecular complexity index is 545. The fraction of sp³-hybridized carbons (Fsp3) is 0.333. The number of halogens is 3. The Morgan fingerprint density at radius 1 is 1.33 bits per heavy atom. The number of hydrogen-bond donors (Lipinski definition) is 2. The van der Waals surface area contributed by atoms with Crippen molar-refractivity contribution in [1.29, 1.82) is 0 Å². The van der Waals surface area contributed by atoms with Crippen molar-refractivity contribution < 1.29 is 27.5 Å². The maximum Gasteiger partial charge on any atom is 0.573 e. The van der Waals surface area contributed by atoms with Gasteiger partial charge in [-0.15, -0.1) is 13.2 Å². The summed E-state index contributed by atoms with van der Waals surface area (Å²) in [5.74, 6) is -0.849. The van der Waals surface area contributed by atoms with E-state index in [-0.39, 0.29) is 13.1 Å². The number of nitrogens with zero attached hydrogens (tertiary/aromatic N) is 1. The van der Waals surface area contributed by atoms with Crippen molar-refractivity contribution in [3.05, 3.63) is 29.8 Å². The first-order valence-corrected chi connectivity index (χ1v) is 5.97. The molecule has 1 heterocycles. The quantitative estimate of drug-likeness (QED) is 0.859. The minimum absolute atomic E-state index is 0.229. The molecule has 0 saturated carbocycles. The van der Waals surface area contributed by atoms with Gasteiger partial charge in [0, 0.05) is 13.1 Å². The molecular formula is C12H12F3N3O3. The van der Waals surface area contributed by atoms with Crippen LogP contribution in [0, 0.1) is 0 Å². The molecule has 1 aliphatic heterocycles. The molecule has 3 amide bonds. The van der Waals surface area contributed by atoms with Gasteiger partial charge in [-0.3, -0.25) is 4.79 Å². The Balaban J connectivity index is 2.23. The number of carbonyl (C=O) groups excluding carboxylic acids is 2. The average molecular weight is 303 g/mol. The van der Waals surface area contributed by atoms with Gasteiger partial charge in [-0.25, -0.2) is 4.79 Å². The number of nitrogens with one attached hydrogen (secondary N) is 1. The fourth-order valence-corrected chi connectivity index (χ4v) is 2.09. The zero-order valence-electron chi connectivity index (χ0n) is 10.7. The number of ether oxygens (including phenoxy) is 1. The highest BCUT2D eigenvalue weighted by atomic mass is 19.4. The van der Waals surface area contributed by atoms with Crippen LogP contribution in [0.4, 0.5) is 18.0 Å². The van der Waals surface area contributed by atoms with Crippen molar-refractivity contribution in [2.45, 2.75) is 12.4 Å². The number of urea groups is 1. The first kappa shape index (κ1) is 14.9. The van der Waals surface area contributed by atoms with E-state index in [9.17, 15) is 22.8 Å². The summed E-state index contributed by atoms with van der Waals surface area (Å²) < 4.78 is 40.0. The predicted molar refractivity (Wildman–Crippen MR) is 65.2 cm³/mol. The molecule has 0 radical (unpaired) electrons. The standard InChI is InChI=1S/C12H12F3N3O3/c13-12(14,15)21-8-3-1-7(2-4-8)9-10(19)17-5-6-18(9)11(16)20/h1-4,9H,5-6H2,(H2,16,20)(H,17,19)/t9-/m1/s1. The van der Waals surface area contributed by atoms with Crippen LogP contribution in [0.2, 0.25) is 0 Å². The highest BCUT2D eigenvalue weighted by molar-refractivity contribution is 5.88. The van der Waals surface area contributed by atoms with E-state index in [1.165, 1.54) is 12.1 Å². The van der Waals surface area contributed by atoms with Crippen LogP contribution in [0.1, 0.15) is 11.6 Å². The smallest absolute Gasteiger partial charge is 0.406 e. The van der Waals surface area contributed by atoms with Crippen molar-refractivity contribution in [2.24, 2.45) is 5.73 Å². The van der Waals surface area contributed by atoms with Crippen LogP contribution < -0.4 is 15.8 Å². The molecule has 0 aromatic heterocycles. The molecule has 9 heteroatoms. The van der Waals surface area contributed by atoms with Crippen LogP contribution >= 0.6 is 0 Å². The third-order valence-corrected chi connectivity index (χ3v) is 2.92. The lowest BCUT2D eigenvalue weighted by Gasteiger charge is -2.34. The van der Waals surface area contributed by atoms with E-state index in [2.05, 4.69) is 10.1 Å². The summed E-state index contributed by atoms with van der Waals surface area (Å²) in [5.41, 5.74) is 5.55. The van der Waals surface area contributed by atoms with Gasteiger partial charge < -0.3 is 20.7 Å². The van der Waals surface area contributed by atoms with Crippen LogP contribution in [0.25, 0.3) is 0 Å². The highest BCUT2D eigenvalue weighted by Crippen LogP contribution is 2.27. The first-order valence-electron chi connectivity index (χ1n) is 5.97. The van der Waals surface area contributed by atoms with Crippen LogP contribution in [0.15, 0.2) is 24.3 Å². The molecule has 21 heavy (non-hydrogen) atoms. The van der Waals surface area contributed by atoms with Crippen LogP contribution in [0.3, 0.4) is 0 Å². The lowest BCUT2D eigenvalue weighted by Crippen LogP contribution is -2.53. The van der Waals surface area contributed by atoms with Gasteiger partial charge in [0.15, 0.2) is 0 Å². The van der Waals surface area contributed by atoms with Gasteiger partial charge in [-0.05, 0) is 17.7 Å². The van der Waals surface area contributed by atoms with E-state index in [0.29, 0.717) is 5.56 Å². The van der Waals surface area contributed by atoms with Gasteiger partial charge in [-0.1, -0.05) is 12.1 Å². The van der Waals surface area contributed by atoms with E-state index in [0.717, 1.165) is 17.0 Å². The molecular weight excluding hydrogens is 291 g/mol. The average Bonchev–Trinajstić information content (AvgIpc) is 2.37. The molecule has 114 valence electrons. The van der Waals surface area contributed by atoms with Gasteiger partial charge in [0.1, 0.15) is 11.8 Å². The molecule has 0 unspecified atom stereocenters. The number of nitrogens with two attached hydrogens (primary N) is 1. The van der Waals surface area contributed by atoms with Crippen LogP contribution in [-0.2, 0) is 4.79 Å². The topological polar surface area (TPSA) is 84.7 Å². The maximum absolute atomic E-state index is 12.1. The van der Waals surface area contributed by atoms with Crippen molar-refractivity contribution in [2.75, 3.05) is 13.1 Å². The molecule has 0 spiro atoms. The summed E-state index contributed by atoms with van der Waals surface area (Å²) in [5, 5.41) is 2.57. The Morgan fingerprint density at radius 2 is 1.95 bits per heavy atom. The molecule has 1 aliphatic rings. The Hall–Kier alpha value is -2.45. The molecule has 0 aliphatic carbocycles. The summed E-state index contributed by atoms with van der Waals surface area (Å²) in [6, 6.07) is 2.98. The third kappa shape index (κ3) is 3.56. The molecule has 0 bridgehead atoms. The van der Waals surface area contributed by atoms with Gasteiger partial charge in [0.25, 0.3) is 0 Å². The SMILES string of the molecule is NC(=O)N1CCNC(=O)[C@H]1c1ccc(OC(F)(F)F)cc1. The largest absolute Gasteiger partial charge is 0.573 e. The monoisotopic (exact) mass is 303 g/mol.